The second-order valence-corrected chi connectivity index (χ2v) is 6.92. The normalized spacial score (nSPS) is 19.5. The topological polar surface area (TPSA) is 72.3 Å². The molecule has 1 aromatic carbocycles. The molecule has 0 spiro atoms. The van der Waals surface area contributed by atoms with Gasteiger partial charge in [0.15, 0.2) is 0 Å². The number of amides is 1. The summed E-state index contributed by atoms with van der Waals surface area (Å²) < 4.78 is 7.64. The lowest BCUT2D eigenvalue weighted by Gasteiger charge is -2.34. The highest BCUT2D eigenvalue weighted by molar-refractivity contribution is 5.97. The van der Waals surface area contributed by atoms with Crippen molar-refractivity contribution in [1.82, 2.24) is 19.7 Å². The first-order chi connectivity index (χ1) is 13.2. The monoisotopic (exact) mass is 367 g/mol. The number of likely N-dealkylation sites (tertiary alicyclic amines) is 1. The second-order valence-electron chi connectivity index (χ2n) is 6.92. The Bertz CT molecular complexity index is 867. The van der Waals surface area contributed by atoms with E-state index in [9.17, 15) is 4.79 Å². The van der Waals surface area contributed by atoms with Crippen LogP contribution in [-0.4, -0.2) is 45.3 Å². The Balaban J connectivity index is 1.82. The van der Waals surface area contributed by atoms with Gasteiger partial charge < -0.3 is 15.0 Å². The third-order valence-electron chi connectivity index (χ3n) is 5.18. The van der Waals surface area contributed by atoms with Crippen LogP contribution in [0.25, 0.3) is 0 Å². The van der Waals surface area contributed by atoms with E-state index >= 15 is 0 Å². The van der Waals surface area contributed by atoms with Crippen LogP contribution in [0.4, 0.5) is 5.95 Å². The predicted molar refractivity (Wildman–Crippen MR) is 103 cm³/mol. The van der Waals surface area contributed by atoms with Crippen LogP contribution in [-0.2, 0) is 4.79 Å². The summed E-state index contributed by atoms with van der Waals surface area (Å²) in [5, 5.41) is 7.65. The van der Waals surface area contributed by atoms with E-state index in [1.807, 2.05) is 43.0 Å². The van der Waals surface area contributed by atoms with Gasteiger partial charge in [-0.1, -0.05) is 18.2 Å². The van der Waals surface area contributed by atoms with E-state index in [1.165, 1.54) is 12.7 Å². The molecule has 2 aromatic rings. The van der Waals surface area contributed by atoms with Crippen molar-refractivity contribution >= 4 is 11.9 Å². The minimum Gasteiger partial charge on any atom is -0.494 e. The fourth-order valence-corrected chi connectivity index (χ4v) is 3.92. The molecular weight excluding hydrogens is 342 g/mol. The van der Waals surface area contributed by atoms with Crippen molar-refractivity contribution in [2.24, 2.45) is 0 Å². The third-order valence-corrected chi connectivity index (χ3v) is 5.18. The van der Waals surface area contributed by atoms with Crippen LogP contribution < -0.4 is 10.1 Å². The summed E-state index contributed by atoms with van der Waals surface area (Å²) in [6.07, 6.45) is 4.81. The van der Waals surface area contributed by atoms with E-state index in [-0.39, 0.29) is 11.9 Å². The van der Waals surface area contributed by atoms with Gasteiger partial charge in [0.05, 0.1) is 12.2 Å². The zero-order valence-electron chi connectivity index (χ0n) is 15.8. The summed E-state index contributed by atoms with van der Waals surface area (Å²) in [5.74, 6) is 1.47. The SMILES string of the molecule is CCOc1ccccc1[C@@H]1C(C(=O)N2CCCCC2)=C(C)Nc2ncnn21. The number of aromatic nitrogens is 3. The summed E-state index contributed by atoms with van der Waals surface area (Å²) >= 11 is 0. The second kappa shape index (κ2) is 7.42. The minimum atomic E-state index is -0.360. The number of nitrogens with zero attached hydrogens (tertiary/aromatic N) is 4. The van der Waals surface area contributed by atoms with Crippen LogP contribution in [0.1, 0.15) is 44.7 Å². The van der Waals surface area contributed by atoms with E-state index in [2.05, 4.69) is 15.4 Å². The average Bonchev–Trinajstić information content (AvgIpc) is 3.16. The van der Waals surface area contributed by atoms with Crippen LogP contribution in [0.3, 0.4) is 0 Å². The average molecular weight is 367 g/mol. The molecule has 1 saturated heterocycles. The van der Waals surface area contributed by atoms with Gasteiger partial charge in [0, 0.05) is 24.4 Å². The van der Waals surface area contributed by atoms with Crippen molar-refractivity contribution in [2.45, 2.75) is 39.2 Å². The van der Waals surface area contributed by atoms with E-state index in [0.29, 0.717) is 18.1 Å². The highest BCUT2D eigenvalue weighted by Gasteiger charge is 2.37. The molecule has 4 rings (SSSR count). The Labute approximate surface area is 159 Å². The van der Waals surface area contributed by atoms with Gasteiger partial charge in [-0.05, 0) is 39.2 Å². The number of ether oxygens (including phenoxy) is 1. The fourth-order valence-electron chi connectivity index (χ4n) is 3.92. The standard InChI is InChI=1S/C20H25N5O2/c1-3-27-16-10-6-5-9-15(16)18-17(19(26)24-11-7-4-8-12-24)14(2)23-20-21-13-22-25(18)20/h5-6,9-10,13,18H,3-4,7-8,11-12H2,1-2H3,(H,21,22,23)/t18-/m1/s1. The van der Waals surface area contributed by atoms with Gasteiger partial charge in [-0.25, -0.2) is 4.68 Å². The number of carbonyl (C=O) groups excluding carboxylic acids is 1. The minimum absolute atomic E-state index is 0.0668. The van der Waals surface area contributed by atoms with E-state index in [4.69, 9.17) is 4.74 Å². The zero-order chi connectivity index (χ0) is 18.8. The van der Waals surface area contributed by atoms with Gasteiger partial charge >= 0.3 is 0 Å². The van der Waals surface area contributed by atoms with E-state index < -0.39 is 0 Å². The third kappa shape index (κ3) is 3.18. The lowest BCUT2D eigenvalue weighted by molar-refractivity contribution is -0.128. The number of anilines is 1. The Morgan fingerprint density at radius 1 is 1.26 bits per heavy atom. The maximum Gasteiger partial charge on any atom is 0.254 e. The molecular formula is C20H25N5O2. The number of hydrogen-bond donors (Lipinski definition) is 1. The molecule has 0 unspecified atom stereocenters. The molecule has 27 heavy (non-hydrogen) atoms. The number of benzene rings is 1. The number of allylic oxidation sites excluding steroid dienone is 1. The first-order valence-electron chi connectivity index (χ1n) is 9.59. The first kappa shape index (κ1) is 17.6. The Morgan fingerprint density at radius 2 is 2.04 bits per heavy atom. The van der Waals surface area contributed by atoms with Crippen LogP contribution in [0, 0.1) is 0 Å². The molecule has 0 radical (unpaired) electrons. The Kier molecular flexibility index (Phi) is 4.83. The molecule has 1 N–H and O–H groups in total. The number of hydrogen-bond acceptors (Lipinski definition) is 5. The highest BCUT2D eigenvalue weighted by Crippen LogP contribution is 2.39. The van der Waals surface area contributed by atoms with Crippen LogP contribution in [0.2, 0.25) is 0 Å². The molecule has 2 aliphatic rings. The summed E-state index contributed by atoms with van der Waals surface area (Å²) in [6, 6.07) is 7.50. The number of carbonyl (C=O) groups is 1. The van der Waals surface area contributed by atoms with Gasteiger partial charge in [0.25, 0.3) is 5.91 Å². The molecule has 7 nitrogen and oxygen atoms in total. The molecule has 0 saturated carbocycles. The molecule has 3 heterocycles. The van der Waals surface area contributed by atoms with E-state index in [0.717, 1.165) is 42.9 Å². The summed E-state index contributed by atoms with van der Waals surface area (Å²) in [7, 11) is 0. The molecule has 2 aliphatic heterocycles. The number of nitrogens with one attached hydrogen (secondary N) is 1. The fraction of sp³-hybridized carbons (Fsp3) is 0.450. The molecule has 7 heteroatoms. The molecule has 0 aliphatic carbocycles. The van der Waals surface area contributed by atoms with Crippen LogP contribution in [0.15, 0.2) is 41.9 Å². The number of fused-ring (bicyclic) bond motifs is 1. The van der Waals surface area contributed by atoms with Crippen molar-refractivity contribution in [1.29, 1.82) is 0 Å². The molecule has 142 valence electrons. The summed E-state index contributed by atoms with van der Waals surface area (Å²) in [5.41, 5.74) is 2.46. The van der Waals surface area contributed by atoms with Crippen molar-refractivity contribution in [3.63, 3.8) is 0 Å². The lowest BCUT2D eigenvalue weighted by Crippen LogP contribution is -2.41. The number of para-hydroxylation sites is 1. The molecule has 1 aromatic heterocycles. The smallest absolute Gasteiger partial charge is 0.254 e. The molecule has 1 fully saturated rings. The van der Waals surface area contributed by atoms with Gasteiger partial charge in [-0.15, -0.1) is 0 Å². The van der Waals surface area contributed by atoms with E-state index in [1.54, 1.807) is 4.68 Å². The van der Waals surface area contributed by atoms with Gasteiger partial charge in [-0.3, -0.25) is 4.79 Å². The Hall–Kier alpha value is -2.83. The van der Waals surface area contributed by atoms with Crippen molar-refractivity contribution in [3.05, 3.63) is 47.4 Å². The molecule has 1 amide bonds. The maximum absolute atomic E-state index is 13.5. The summed E-state index contributed by atoms with van der Waals surface area (Å²) in [6.45, 7) is 6.07. The predicted octanol–water partition coefficient (Wildman–Crippen LogP) is 2.98. The molecule has 0 bridgehead atoms. The highest BCUT2D eigenvalue weighted by atomic mass is 16.5. The van der Waals surface area contributed by atoms with Gasteiger partial charge in [0.1, 0.15) is 18.1 Å². The largest absolute Gasteiger partial charge is 0.494 e. The number of piperidine rings is 1. The van der Waals surface area contributed by atoms with Gasteiger partial charge in [-0.2, -0.15) is 10.1 Å². The zero-order valence-corrected chi connectivity index (χ0v) is 15.8. The maximum atomic E-state index is 13.5. The van der Waals surface area contributed by atoms with Crippen molar-refractivity contribution < 1.29 is 9.53 Å². The number of rotatable bonds is 4. The van der Waals surface area contributed by atoms with Crippen LogP contribution >= 0.6 is 0 Å². The quantitative estimate of drug-likeness (QED) is 0.899. The Morgan fingerprint density at radius 3 is 2.81 bits per heavy atom. The van der Waals surface area contributed by atoms with Crippen LogP contribution in [0.5, 0.6) is 5.75 Å². The summed E-state index contributed by atoms with van der Waals surface area (Å²) in [4.78, 5) is 19.7. The van der Waals surface area contributed by atoms with Crippen molar-refractivity contribution in [2.75, 3.05) is 25.0 Å². The van der Waals surface area contributed by atoms with Gasteiger partial charge in [0.2, 0.25) is 5.95 Å². The first-order valence-corrected chi connectivity index (χ1v) is 9.59. The molecule has 1 atom stereocenters. The van der Waals surface area contributed by atoms with Crippen molar-refractivity contribution in [3.8, 4) is 5.75 Å². The lowest BCUT2D eigenvalue weighted by atomic mass is 9.93.